The van der Waals surface area contributed by atoms with Crippen LogP contribution in [0, 0.1) is 11.8 Å². The molecule has 0 aromatic carbocycles. The predicted molar refractivity (Wildman–Crippen MR) is 82.5 cm³/mol. The number of carbonyl (C=O) groups is 2. The Morgan fingerprint density at radius 1 is 1.19 bits per heavy atom. The fraction of sp³-hybridized carbons (Fsp3) is 0.875. The second kappa shape index (κ2) is 7.78. The molecule has 21 heavy (non-hydrogen) atoms. The van der Waals surface area contributed by atoms with Gasteiger partial charge in [0, 0.05) is 31.5 Å². The topological polar surface area (TPSA) is 75.4 Å². The maximum atomic E-state index is 12.2. The molecular formula is C16H29N3O2. The molecule has 1 aliphatic carbocycles. The molecule has 0 aromatic heterocycles. The number of nitrogens with zero attached hydrogens (tertiary/aromatic N) is 1. The summed E-state index contributed by atoms with van der Waals surface area (Å²) in [4.78, 5) is 26.2. The highest BCUT2D eigenvalue weighted by molar-refractivity contribution is 5.81. The van der Waals surface area contributed by atoms with Crippen LogP contribution in [0.2, 0.25) is 0 Å². The van der Waals surface area contributed by atoms with Crippen molar-refractivity contribution in [3.05, 3.63) is 0 Å². The normalized spacial score (nSPS) is 22.3. The summed E-state index contributed by atoms with van der Waals surface area (Å²) >= 11 is 0. The zero-order chi connectivity index (χ0) is 15.2. The molecule has 2 fully saturated rings. The number of amides is 2. The van der Waals surface area contributed by atoms with Crippen LogP contribution in [0.25, 0.3) is 0 Å². The molecule has 0 radical (unpaired) electrons. The molecule has 120 valence electrons. The summed E-state index contributed by atoms with van der Waals surface area (Å²) < 4.78 is 0. The van der Waals surface area contributed by atoms with Crippen LogP contribution in [-0.2, 0) is 9.59 Å². The SMILES string of the molecule is CC(CC(=O)N1CCC(CN)CC1)NC(=O)C1CCCC1. The first-order valence-corrected chi connectivity index (χ1v) is 8.38. The van der Waals surface area contributed by atoms with Crippen molar-refractivity contribution in [3.8, 4) is 0 Å². The van der Waals surface area contributed by atoms with E-state index in [0.717, 1.165) is 58.2 Å². The molecule has 1 saturated carbocycles. The van der Waals surface area contributed by atoms with Gasteiger partial charge in [0.15, 0.2) is 0 Å². The Morgan fingerprint density at radius 2 is 1.81 bits per heavy atom. The molecule has 2 aliphatic rings. The van der Waals surface area contributed by atoms with Crippen molar-refractivity contribution < 1.29 is 9.59 Å². The lowest BCUT2D eigenvalue weighted by Crippen LogP contribution is -2.44. The van der Waals surface area contributed by atoms with Gasteiger partial charge in [-0.05, 0) is 45.1 Å². The van der Waals surface area contributed by atoms with Crippen molar-refractivity contribution in [1.82, 2.24) is 10.2 Å². The molecule has 3 N–H and O–H groups in total. The van der Waals surface area contributed by atoms with Gasteiger partial charge in [-0.25, -0.2) is 0 Å². The summed E-state index contributed by atoms with van der Waals surface area (Å²) in [5, 5.41) is 3.01. The van der Waals surface area contributed by atoms with Gasteiger partial charge >= 0.3 is 0 Å². The van der Waals surface area contributed by atoms with E-state index >= 15 is 0 Å². The van der Waals surface area contributed by atoms with E-state index in [4.69, 9.17) is 5.73 Å². The van der Waals surface area contributed by atoms with E-state index < -0.39 is 0 Å². The molecule has 1 saturated heterocycles. The highest BCUT2D eigenvalue weighted by atomic mass is 16.2. The first kappa shape index (κ1) is 16.3. The van der Waals surface area contributed by atoms with E-state index in [9.17, 15) is 9.59 Å². The molecule has 2 rings (SSSR count). The molecule has 1 unspecified atom stereocenters. The van der Waals surface area contributed by atoms with Crippen molar-refractivity contribution in [2.75, 3.05) is 19.6 Å². The Bertz CT molecular complexity index is 359. The van der Waals surface area contributed by atoms with E-state index in [1.54, 1.807) is 0 Å². The van der Waals surface area contributed by atoms with Crippen LogP contribution in [-0.4, -0.2) is 42.4 Å². The lowest BCUT2D eigenvalue weighted by molar-refractivity contribution is -0.133. The lowest BCUT2D eigenvalue weighted by atomic mass is 9.96. The van der Waals surface area contributed by atoms with Crippen molar-refractivity contribution in [2.45, 2.75) is 57.9 Å². The predicted octanol–water partition coefficient (Wildman–Crippen LogP) is 1.27. The number of nitrogens with one attached hydrogen (secondary N) is 1. The van der Waals surface area contributed by atoms with E-state index in [0.29, 0.717) is 12.3 Å². The Morgan fingerprint density at radius 3 is 2.38 bits per heavy atom. The third-order valence-electron chi connectivity index (χ3n) is 4.90. The van der Waals surface area contributed by atoms with Crippen molar-refractivity contribution in [2.24, 2.45) is 17.6 Å². The molecule has 1 heterocycles. The van der Waals surface area contributed by atoms with Gasteiger partial charge in [0.25, 0.3) is 0 Å². The Kier molecular flexibility index (Phi) is 6.03. The van der Waals surface area contributed by atoms with Crippen LogP contribution < -0.4 is 11.1 Å². The molecule has 1 aliphatic heterocycles. The second-order valence-electron chi connectivity index (χ2n) is 6.66. The van der Waals surface area contributed by atoms with Gasteiger partial charge in [0.05, 0.1) is 0 Å². The number of nitrogens with two attached hydrogens (primary N) is 1. The zero-order valence-electron chi connectivity index (χ0n) is 13.1. The van der Waals surface area contributed by atoms with Gasteiger partial charge in [-0.2, -0.15) is 0 Å². The first-order chi connectivity index (χ1) is 10.1. The van der Waals surface area contributed by atoms with Crippen LogP contribution in [0.5, 0.6) is 0 Å². The van der Waals surface area contributed by atoms with Crippen LogP contribution in [0.15, 0.2) is 0 Å². The van der Waals surface area contributed by atoms with Gasteiger partial charge in [-0.1, -0.05) is 12.8 Å². The number of rotatable bonds is 5. The van der Waals surface area contributed by atoms with E-state index in [-0.39, 0.29) is 23.8 Å². The highest BCUT2D eigenvalue weighted by Gasteiger charge is 2.26. The number of piperidine rings is 1. The van der Waals surface area contributed by atoms with Gasteiger partial charge < -0.3 is 16.0 Å². The Labute approximate surface area is 127 Å². The molecule has 1 atom stereocenters. The minimum atomic E-state index is -0.0715. The third-order valence-corrected chi connectivity index (χ3v) is 4.90. The summed E-state index contributed by atoms with van der Waals surface area (Å²) in [6, 6.07) is -0.0715. The molecular weight excluding hydrogens is 266 g/mol. The lowest BCUT2D eigenvalue weighted by Gasteiger charge is -2.32. The van der Waals surface area contributed by atoms with Crippen LogP contribution >= 0.6 is 0 Å². The Balaban J connectivity index is 1.70. The number of likely N-dealkylation sites (tertiary alicyclic amines) is 1. The third kappa shape index (κ3) is 4.70. The first-order valence-electron chi connectivity index (χ1n) is 8.38. The standard InChI is InChI=1S/C16H29N3O2/c1-12(18-16(21)14-4-2-3-5-14)10-15(20)19-8-6-13(11-17)7-9-19/h12-14H,2-11,17H2,1H3,(H,18,21). The van der Waals surface area contributed by atoms with Gasteiger partial charge in [0.2, 0.25) is 11.8 Å². The summed E-state index contributed by atoms with van der Waals surface area (Å²) in [5.74, 6) is 1.02. The van der Waals surface area contributed by atoms with E-state index in [2.05, 4.69) is 5.32 Å². The zero-order valence-corrected chi connectivity index (χ0v) is 13.1. The summed E-state index contributed by atoms with van der Waals surface area (Å²) in [6.45, 7) is 4.27. The van der Waals surface area contributed by atoms with Crippen LogP contribution in [0.4, 0.5) is 0 Å². The fourth-order valence-corrected chi connectivity index (χ4v) is 3.41. The molecule has 5 nitrogen and oxygen atoms in total. The molecule has 0 aromatic rings. The largest absolute Gasteiger partial charge is 0.353 e. The number of hydrogen-bond donors (Lipinski definition) is 2. The molecule has 0 bridgehead atoms. The maximum absolute atomic E-state index is 12.2. The summed E-state index contributed by atoms with van der Waals surface area (Å²) in [6.07, 6.45) is 6.73. The minimum absolute atomic E-state index is 0.0715. The van der Waals surface area contributed by atoms with Gasteiger partial charge in [-0.15, -0.1) is 0 Å². The summed E-state index contributed by atoms with van der Waals surface area (Å²) in [5.41, 5.74) is 5.67. The minimum Gasteiger partial charge on any atom is -0.353 e. The van der Waals surface area contributed by atoms with Crippen LogP contribution in [0.3, 0.4) is 0 Å². The second-order valence-corrected chi connectivity index (χ2v) is 6.66. The maximum Gasteiger partial charge on any atom is 0.224 e. The Hall–Kier alpha value is -1.10. The van der Waals surface area contributed by atoms with Gasteiger partial charge in [0.1, 0.15) is 0 Å². The van der Waals surface area contributed by atoms with Gasteiger partial charge in [-0.3, -0.25) is 9.59 Å². The fourth-order valence-electron chi connectivity index (χ4n) is 3.41. The van der Waals surface area contributed by atoms with Crippen molar-refractivity contribution >= 4 is 11.8 Å². The quantitative estimate of drug-likeness (QED) is 0.802. The summed E-state index contributed by atoms with van der Waals surface area (Å²) in [7, 11) is 0. The molecule has 0 spiro atoms. The monoisotopic (exact) mass is 295 g/mol. The average Bonchev–Trinajstić information content (AvgIpc) is 3.01. The number of carbonyl (C=O) groups excluding carboxylic acids is 2. The average molecular weight is 295 g/mol. The van der Waals surface area contributed by atoms with Crippen molar-refractivity contribution in [3.63, 3.8) is 0 Å². The van der Waals surface area contributed by atoms with E-state index in [1.165, 1.54) is 0 Å². The number of hydrogen-bond acceptors (Lipinski definition) is 3. The van der Waals surface area contributed by atoms with E-state index in [1.807, 2.05) is 11.8 Å². The smallest absolute Gasteiger partial charge is 0.224 e. The molecule has 2 amide bonds. The highest BCUT2D eigenvalue weighted by Crippen LogP contribution is 2.25. The van der Waals surface area contributed by atoms with Crippen molar-refractivity contribution in [1.29, 1.82) is 0 Å². The molecule has 5 heteroatoms. The van der Waals surface area contributed by atoms with Crippen LogP contribution in [0.1, 0.15) is 51.9 Å².